The van der Waals surface area contributed by atoms with Gasteiger partial charge in [0, 0.05) is 31.6 Å². The number of carbonyl (C=O) groups is 1. The Kier molecular flexibility index (Phi) is 4.76. The largest absolute Gasteiger partial charge is 0.365 e. The molecule has 0 bridgehead atoms. The van der Waals surface area contributed by atoms with Crippen LogP contribution in [0, 0.1) is 23.0 Å². The number of benzene rings is 1. The first-order valence-corrected chi connectivity index (χ1v) is 8.50. The molecule has 0 atom stereocenters. The lowest BCUT2D eigenvalue weighted by atomic mass is 10.2. The second-order valence-electron chi connectivity index (χ2n) is 5.55. The van der Waals surface area contributed by atoms with E-state index in [2.05, 4.69) is 0 Å². The summed E-state index contributed by atoms with van der Waals surface area (Å²) in [6.07, 6.45) is 0.620. The average molecular weight is 347 g/mol. The van der Waals surface area contributed by atoms with Crippen molar-refractivity contribution in [1.82, 2.24) is 4.90 Å². The van der Waals surface area contributed by atoms with Gasteiger partial charge in [-0.25, -0.2) is 8.78 Å². The molecule has 0 N–H and O–H groups in total. The van der Waals surface area contributed by atoms with Crippen molar-refractivity contribution in [2.75, 3.05) is 31.1 Å². The summed E-state index contributed by atoms with van der Waals surface area (Å²) in [5.41, 5.74) is 0.473. The third-order valence-corrected chi connectivity index (χ3v) is 4.70. The second-order valence-corrected chi connectivity index (χ2v) is 6.33. The molecule has 1 amide bonds. The summed E-state index contributed by atoms with van der Waals surface area (Å²) < 4.78 is 28.4. The predicted molar refractivity (Wildman–Crippen MR) is 88.1 cm³/mol. The number of carbonyl (C=O) groups excluding carboxylic acids is 1. The van der Waals surface area contributed by atoms with Crippen LogP contribution >= 0.6 is 11.3 Å². The molecule has 0 radical (unpaired) electrons. The lowest BCUT2D eigenvalue weighted by Gasteiger charge is -2.24. The number of anilines is 1. The van der Waals surface area contributed by atoms with Gasteiger partial charge < -0.3 is 9.80 Å². The predicted octanol–water partition coefficient (Wildman–Crippen LogP) is 3.25. The zero-order chi connectivity index (χ0) is 17.1. The fourth-order valence-electron chi connectivity index (χ4n) is 2.85. The van der Waals surface area contributed by atoms with Crippen molar-refractivity contribution < 1.29 is 13.6 Å². The molecule has 0 aliphatic carbocycles. The molecular weight excluding hydrogens is 332 g/mol. The molecule has 124 valence electrons. The van der Waals surface area contributed by atoms with Crippen LogP contribution in [0.3, 0.4) is 0 Å². The van der Waals surface area contributed by atoms with Gasteiger partial charge in [0.25, 0.3) is 5.91 Å². The number of halogens is 2. The van der Waals surface area contributed by atoms with E-state index in [4.69, 9.17) is 5.26 Å². The molecule has 0 spiro atoms. The quantitative estimate of drug-likeness (QED) is 0.838. The minimum atomic E-state index is -0.746. The molecule has 4 nitrogen and oxygen atoms in total. The standard InChI is InChI=1S/C17H15F2N3OS/c18-14-8-12(10-20)9-15(19)16(14)21-3-1-4-22(6-5-21)17(23)13-2-7-24-11-13/h2,7-9,11H,1,3-6H2. The van der Waals surface area contributed by atoms with Crippen LogP contribution in [0.2, 0.25) is 0 Å². The third kappa shape index (κ3) is 3.24. The van der Waals surface area contributed by atoms with E-state index in [1.807, 2.05) is 5.38 Å². The van der Waals surface area contributed by atoms with Gasteiger partial charge in [0.1, 0.15) is 5.69 Å². The van der Waals surface area contributed by atoms with Gasteiger partial charge in [-0.3, -0.25) is 4.79 Å². The summed E-state index contributed by atoms with van der Waals surface area (Å²) in [4.78, 5) is 15.7. The van der Waals surface area contributed by atoms with Crippen LogP contribution in [0.1, 0.15) is 22.3 Å². The van der Waals surface area contributed by atoms with Crippen molar-refractivity contribution in [3.05, 3.63) is 51.7 Å². The molecule has 3 rings (SSSR count). The van der Waals surface area contributed by atoms with E-state index in [0.717, 1.165) is 12.1 Å². The van der Waals surface area contributed by atoms with Gasteiger partial charge in [0.2, 0.25) is 0 Å². The average Bonchev–Trinajstić information content (AvgIpc) is 3.00. The maximum absolute atomic E-state index is 14.2. The molecule has 24 heavy (non-hydrogen) atoms. The van der Waals surface area contributed by atoms with E-state index < -0.39 is 11.6 Å². The maximum atomic E-state index is 14.2. The summed E-state index contributed by atoms with van der Waals surface area (Å²) in [5, 5.41) is 12.4. The van der Waals surface area contributed by atoms with Crippen molar-refractivity contribution in [1.29, 1.82) is 5.26 Å². The smallest absolute Gasteiger partial charge is 0.254 e. The maximum Gasteiger partial charge on any atom is 0.254 e. The minimum absolute atomic E-state index is 0.0437. The second kappa shape index (κ2) is 6.97. The number of rotatable bonds is 2. The monoisotopic (exact) mass is 347 g/mol. The summed E-state index contributed by atoms with van der Waals surface area (Å²) in [6.45, 7) is 1.74. The lowest BCUT2D eigenvalue weighted by Crippen LogP contribution is -2.35. The van der Waals surface area contributed by atoms with Crippen LogP contribution in [0.25, 0.3) is 0 Å². The molecule has 1 saturated heterocycles. The van der Waals surface area contributed by atoms with E-state index in [-0.39, 0.29) is 17.2 Å². The molecule has 1 aromatic carbocycles. The van der Waals surface area contributed by atoms with Crippen molar-refractivity contribution >= 4 is 22.9 Å². The van der Waals surface area contributed by atoms with Gasteiger partial charge in [-0.1, -0.05) is 0 Å². The van der Waals surface area contributed by atoms with Crippen LogP contribution in [-0.4, -0.2) is 37.0 Å². The number of hydrogen-bond acceptors (Lipinski definition) is 4. The Labute approximate surface area is 142 Å². The summed E-state index contributed by atoms with van der Waals surface area (Å²) in [7, 11) is 0. The van der Waals surface area contributed by atoms with Crippen LogP contribution in [-0.2, 0) is 0 Å². The fourth-order valence-corrected chi connectivity index (χ4v) is 3.47. The Bertz CT molecular complexity index is 763. The molecule has 1 aliphatic heterocycles. The molecular formula is C17H15F2N3OS. The molecule has 0 saturated carbocycles. The zero-order valence-electron chi connectivity index (χ0n) is 12.8. The van der Waals surface area contributed by atoms with Gasteiger partial charge in [0.15, 0.2) is 11.6 Å². The SMILES string of the molecule is N#Cc1cc(F)c(N2CCCN(C(=O)c3ccsc3)CC2)c(F)c1. The first-order valence-electron chi connectivity index (χ1n) is 7.55. The zero-order valence-corrected chi connectivity index (χ0v) is 13.7. The fraction of sp³-hybridized carbons (Fsp3) is 0.294. The van der Waals surface area contributed by atoms with Gasteiger partial charge in [-0.05, 0) is 30.0 Å². The Hall–Kier alpha value is -2.46. The van der Waals surface area contributed by atoms with E-state index >= 15 is 0 Å². The molecule has 1 aromatic heterocycles. The topological polar surface area (TPSA) is 47.3 Å². The van der Waals surface area contributed by atoms with Crippen LogP contribution in [0.5, 0.6) is 0 Å². The summed E-state index contributed by atoms with van der Waals surface area (Å²) >= 11 is 1.46. The van der Waals surface area contributed by atoms with E-state index in [1.54, 1.807) is 27.3 Å². The number of nitriles is 1. The molecule has 0 unspecified atom stereocenters. The number of hydrogen-bond donors (Lipinski definition) is 0. The Morgan fingerprint density at radius 1 is 1.17 bits per heavy atom. The van der Waals surface area contributed by atoms with Gasteiger partial charge in [-0.2, -0.15) is 16.6 Å². The molecule has 1 aliphatic rings. The van der Waals surface area contributed by atoms with E-state index in [0.29, 0.717) is 38.2 Å². The Balaban J connectivity index is 1.77. The van der Waals surface area contributed by atoms with Crippen LogP contribution in [0.4, 0.5) is 14.5 Å². The molecule has 2 heterocycles. The molecule has 1 fully saturated rings. The number of thiophene rings is 1. The van der Waals surface area contributed by atoms with Gasteiger partial charge >= 0.3 is 0 Å². The normalized spacial score (nSPS) is 15.0. The Morgan fingerprint density at radius 2 is 1.92 bits per heavy atom. The molecule has 2 aromatic rings. The van der Waals surface area contributed by atoms with Crippen molar-refractivity contribution in [3.63, 3.8) is 0 Å². The number of nitrogens with zero attached hydrogens (tertiary/aromatic N) is 3. The van der Waals surface area contributed by atoms with E-state index in [1.165, 1.54) is 11.3 Å². The van der Waals surface area contributed by atoms with E-state index in [9.17, 15) is 13.6 Å². The first kappa shape index (κ1) is 16.4. The van der Waals surface area contributed by atoms with Crippen molar-refractivity contribution in [2.24, 2.45) is 0 Å². The Morgan fingerprint density at radius 3 is 2.54 bits per heavy atom. The number of amides is 1. The third-order valence-electron chi connectivity index (χ3n) is 4.01. The highest BCUT2D eigenvalue weighted by Crippen LogP contribution is 2.26. The summed E-state index contributed by atoms with van der Waals surface area (Å²) in [5.74, 6) is -1.55. The summed E-state index contributed by atoms with van der Waals surface area (Å²) in [6, 6.07) is 5.59. The highest BCUT2D eigenvalue weighted by Gasteiger charge is 2.24. The highest BCUT2D eigenvalue weighted by atomic mass is 32.1. The minimum Gasteiger partial charge on any atom is -0.365 e. The van der Waals surface area contributed by atoms with Crippen molar-refractivity contribution in [2.45, 2.75) is 6.42 Å². The molecule has 7 heteroatoms. The van der Waals surface area contributed by atoms with Crippen LogP contribution < -0.4 is 4.90 Å². The van der Waals surface area contributed by atoms with Gasteiger partial charge in [0.05, 0.1) is 17.2 Å². The van der Waals surface area contributed by atoms with Crippen LogP contribution in [0.15, 0.2) is 29.0 Å². The highest BCUT2D eigenvalue weighted by molar-refractivity contribution is 7.08. The first-order chi connectivity index (χ1) is 11.6. The van der Waals surface area contributed by atoms with Crippen molar-refractivity contribution in [3.8, 4) is 6.07 Å². The van der Waals surface area contributed by atoms with Gasteiger partial charge in [-0.15, -0.1) is 0 Å². The lowest BCUT2D eigenvalue weighted by molar-refractivity contribution is 0.0767.